The molecule has 1 N–H and O–H groups in total. The van der Waals surface area contributed by atoms with Crippen molar-refractivity contribution in [2.24, 2.45) is 5.92 Å². The van der Waals surface area contributed by atoms with Crippen molar-refractivity contribution in [3.05, 3.63) is 60.5 Å². The molecule has 0 unspecified atom stereocenters. The standard InChI is InChI=1S/C15H18N2/c1-12(2)4-5-14(6-9-16)13(3)15-7-10-17-11-8-15/h4-12,16H,3H2,1-2H3/b5-4-,14-6+,16-9?. The molecule has 0 atom stereocenters. The van der Waals surface area contributed by atoms with Crippen molar-refractivity contribution < 1.29 is 0 Å². The monoisotopic (exact) mass is 226 g/mol. The minimum absolute atomic E-state index is 0.481. The topological polar surface area (TPSA) is 36.7 Å². The molecule has 0 saturated heterocycles. The van der Waals surface area contributed by atoms with Gasteiger partial charge in [-0.2, -0.15) is 0 Å². The Labute approximate surface area is 103 Å². The predicted molar refractivity (Wildman–Crippen MR) is 74.1 cm³/mol. The average molecular weight is 226 g/mol. The second-order valence-corrected chi connectivity index (χ2v) is 4.11. The molecule has 0 aliphatic carbocycles. The summed E-state index contributed by atoms with van der Waals surface area (Å²) in [4.78, 5) is 3.98. The van der Waals surface area contributed by atoms with Crippen LogP contribution >= 0.6 is 0 Å². The maximum absolute atomic E-state index is 7.19. The quantitative estimate of drug-likeness (QED) is 0.600. The Kier molecular flexibility index (Phi) is 5.08. The molecule has 88 valence electrons. The van der Waals surface area contributed by atoms with Crippen molar-refractivity contribution in [2.45, 2.75) is 13.8 Å². The van der Waals surface area contributed by atoms with Crippen LogP contribution in [0, 0.1) is 11.3 Å². The minimum Gasteiger partial charge on any atom is -0.309 e. The highest BCUT2D eigenvalue weighted by Gasteiger charge is 2.02. The second kappa shape index (κ2) is 6.59. The van der Waals surface area contributed by atoms with Crippen molar-refractivity contribution in [2.75, 3.05) is 0 Å². The summed E-state index contributed by atoms with van der Waals surface area (Å²) in [7, 11) is 0. The van der Waals surface area contributed by atoms with Gasteiger partial charge in [-0.3, -0.25) is 4.98 Å². The third-order valence-electron chi connectivity index (χ3n) is 2.30. The van der Waals surface area contributed by atoms with Gasteiger partial charge < -0.3 is 5.41 Å². The van der Waals surface area contributed by atoms with Crippen LogP contribution in [-0.2, 0) is 0 Å². The number of hydrogen-bond donors (Lipinski definition) is 1. The Hall–Kier alpha value is -1.96. The van der Waals surface area contributed by atoms with E-state index >= 15 is 0 Å². The Balaban J connectivity index is 2.97. The molecule has 2 heteroatoms. The van der Waals surface area contributed by atoms with Crippen molar-refractivity contribution in [1.29, 1.82) is 5.41 Å². The first kappa shape index (κ1) is 13.1. The number of nitrogens with one attached hydrogen (secondary N) is 1. The number of pyridine rings is 1. The zero-order valence-electron chi connectivity index (χ0n) is 10.4. The summed E-state index contributed by atoms with van der Waals surface area (Å²) < 4.78 is 0. The lowest BCUT2D eigenvalue weighted by molar-refractivity contribution is 0.831. The first-order valence-corrected chi connectivity index (χ1v) is 5.63. The van der Waals surface area contributed by atoms with Crippen molar-refractivity contribution in [3.63, 3.8) is 0 Å². The van der Waals surface area contributed by atoms with E-state index in [1.54, 1.807) is 18.5 Å². The van der Waals surface area contributed by atoms with E-state index in [9.17, 15) is 0 Å². The number of hydrogen-bond acceptors (Lipinski definition) is 2. The fraction of sp³-hybridized carbons (Fsp3) is 0.200. The smallest absolute Gasteiger partial charge is 0.0273 e. The SMILES string of the molecule is C=C(C(/C=C\C(C)C)=C/C=N)c1ccncc1. The lowest BCUT2D eigenvalue weighted by atomic mass is 9.99. The van der Waals surface area contributed by atoms with E-state index in [-0.39, 0.29) is 0 Å². The molecule has 0 aliphatic heterocycles. The Morgan fingerprint density at radius 3 is 2.53 bits per heavy atom. The molecule has 17 heavy (non-hydrogen) atoms. The van der Waals surface area contributed by atoms with Crippen molar-refractivity contribution in [1.82, 2.24) is 4.98 Å². The van der Waals surface area contributed by atoms with Crippen LogP contribution < -0.4 is 0 Å². The molecule has 0 aliphatic rings. The molecule has 1 aromatic heterocycles. The first-order valence-electron chi connectivity index (χ1n) is 5.63. The summed E-state index contributed by atoms with van der Waals surface area (Å²) >= 11 is 0. The van der Waals surface area contributed by atoms with E-state index in [4.69, 9.17) is 5.41 Å². The molecule has 0 amide bonds. The maximum Gasteiger partial charge on any atom is 0.0273 e. The van der Waals surface area contributed by atoms with Crippen LogP contribution in [0.1, 0.15) is 19.4 Å². The predicted octanol–water partition coefficient (Wildman–Crippen LogP) is 3.88. The van der Waals surface area contributed by atoms with Gasteiger partial charge in [0.2, 0.25) is 0 Å². The lowest BCUT2D eigenvalue weighted by Gasteiger charge is -2.07. The van der Waals surface area contributed by atoms with Crippen molar-refractivity contribution >= 4 is 11.8 Å². The van der Waals surface area contributed by atoms with Crippen LogP contribution in [0.15, 0.2) is 54.9 Å². The molecule has 0 bridgehead atoms. The van der Waals surface area contributed by atoms with E-state index < -0.39 is 0 Å². The Morgan fingerprint density at radius 2 is 2.00 bits per heavy atom. The summed E-state index contributed by atoms with van der Waals surface area (Å²) in [6.45, 7) is 8.31. The van der Waals surface area contributed by atoms with Gasteiger partial charge in [0, 0.05) is 18.6 Å². The van der Waals surface area contributed by atoms with E-state index in [0.717, 1.165) is 16.7 Å². The van der Waals surface area contributed by atoms with E-state index in [0.29, 0.717) is 5.92 Å². The largest absolute Gasteiger partial charge is 0.309 e. The van der Waals surface area contributed by atoms with Crippen LogP contribution in [0.25, 0.3) is 5.57 Å². The van der Waals surface area contributed by atoms with Crippen LogP contribution in [-0.4, -0.2) is 11.2 Å². The molecule has 0 aromatic carbocycles. The van der Waals surface area contributed by atoms with E-state index in [1.165, 1.54) is 6.21 Å². The molecule has 1 rings (SSSR count). The van der Waals surface area contributed by atoms with Crippen LogP contribution in [0.5, 0.6) is 0 Å². The number of allylic oxidation sites excluding steroid dienone is 5. The summed E-state index contributed by atoms with van der Waals surface area (Å²) in [6.07, 6.45) is 10.6. The van der Waals surface area contributed by atoms with E-state index in [2.05, 4.69) is 31.5 Å². The summed E-state index contributed by atoms with van der Waals surface area (Å²) in [5, 5.41) is 7.19. The third kappa shape index (κ3) is 4.19. The summed E-state index contributed by atoms with van der Waals surface area (Å²) in [5.74, 6) is 0.481. The van der Waals surface area contributed by atoms with Gasteiger partial charge in [-0.15, -0.1) is 0 Å². The van der Waals surface area contributed by atoms with Crippen LogP contribution in [0.2, 0.25) is 0 Å². The maximum atomic E-state index is 7.19. The first-order chi connectivity index (χ1) is 8.15. The number of nitrogens with zero attached hydrogens (tertiary/aromatic N) is 1. The molecule has 0 radical (unpaired) electrons. The van der Waals surface area contributed by atoms with Gasteiger partial charge in [0.15, 0.2) is 0 Å². The van der Waals surface area contributed by atoms with Gasteiger partial charge >= 0.3 is 0 Å². The van der Waals surface area contributed by atoms with Crippen LogP contribution in [0.4, 0.5) is 0 Å². The summed E-state index contributed by atoms with van der Waals surface area (Å²) in [6, 6.07) is 3.84. The van der Waals surface area contributed by atoms with Gasteiger partial charge in [0.05, 0.1) is 0 Å². The van der Waals surface area contributed by atoms with Crippen molar-refractivity contribution in [3.8, 4) is 0 Å². The summed E-state index contributed by atoms with van der Waals surface area (Å²) in [5.41, 5.74) is 2.90. The highest BCUT2D eigenvalue weighted by Crippen LogP contribution is 2.21. The van der Waals surface area contributed by atoms with Gasteiger partial charge in [0.1, 0.15) is 0 Å². The molecule has 0 spiro atoms. The number of aromatic nitrogens is 1. The average Bonchev–Trinajstić information content (AvgIpc) is 2.34. The molecule has 2 nitrogen and oxygen atoms in total. The third-order valence-corrected chi connectivity index (χ3v) is 2.30. The van der Waals surface area contributed by atoms with Gasteiger partial charge in [-0.05, 0) is 40.8 Å². The number of rotatable bonds is 5. The fourth-order valence-corrected chi connectivity index (χ4v) is 1.36. The molecule has 1 heterocycles. The Morgan fingerprint density at radius 1 is 1.35 bits per heavy atom. The highest BCUT2D eigenvalue weighted by molar-refractivity contribution is 5.86. The normalized spacial score (nSPS) is 12.1. The minimum atomic E-state index is 0.481. The van der Waals surface area contributed by atoms with E-state index in [1.807, 2.05) is 18.2 Å². The molecule has 0 saturated carbocycles. The van der Waals surface area contributed by atoms with Gasteiger partial charge in [-0.25, -0.2) is 0 Å². The Bertz CT molecular complexity index is 439. The van der Waals surface area contributed by atoms with Crippen LogP contribution in [0.3, 0.4) is 0 Å². The molecular formula is C15H18N2. The zero-order valence-corrected chi connectivity index (χ0v) is 10.4. The molecule has 0 fully saturated rings. The van der Waals surface area contributed by atoms with Gasteiger partial charge in [-0.1, -0.05) is 32.6 Å². The second-order valence-electron chi connectivity index (χ2n) is 4.11. The zero-order chi connectivity index (χ0) is 12.7. The lowest BCUT2D eigenvalue weighted by Crippen LogP contribution is -1.88. The fourth-order valence-electron chi connectivity index (χ4n) is 1.36. The highest BCUT2D eigenvalue weighted by atomic mass is 14.6. The molecular weight excluding hydrogens is 208 g/mol. The van der Waals surface area contributed by atoms with Gasteiger partial charge in [0.25, 0.3) is 0 Å². The molecule has 1 aromatic rings.